The summed E-state index contributed by atoms with van der Waals surface area (Å²) in [7, 11) is 0. The predicted molar refractivity (Wildman–Crippen MR) is 97.0 cm³/mol. The van der Waals surface area contributed by atoms with Crippen LogP contribution in [0, 0.1) is 6.92 Å². The minimum absolute atomic E-state index is 0.0249. The van der Waals surface area contributed by atoms with Gasteiger partial charge in [-0.05, 0) is 32.9 Å². The van der Waals surface area contributed by atoms with Crippen molar-refractivity contribution in [2.75, 3.05) is 19.7 Å². The number of pyridine rings is 1. The van der Waals surface area contributed by atoms with Crippen LogP contribution in [0.5, 0.6) is 0 Å². The molecule has 0 bridgehead atoms. The lowest BCUT2D eigenvalue weighted by molar-refractivity contribution is -0.146. The molecule has 138 valence electrons. The summed E-state index contributed by atoms with van der Waals surface area (Å²) in [6, 6.07) is 5.51. The van der Waals surface area contributed by atoms with Crippen molar-refractivity contribution in [2.24, 2.45) is 0 Å². The number of rotatable bonds is 4. The molecule has 1 aliphatic heterocycles. The molecule has 26 heavy (non-hydrogen) atoms. The Morgan fingerprint density at radius 2 is 2.04 bits per heavy atom. The van der Waals surface area contributed by atoms with Gasteiger partial charge < -0.3 is 14.4 Å². The molecule has 1 fully saturated rings. The smallest absolute Gasteiger partial charge is 0.350 e. The first kappa shape index (κ1) is 18.5. The van der Waals surface area contributed by atoms with Gasteiger partial charge in [0, 0.05) is 19.3 Å². The fourth-order valence-corrected chi connectivity index (χ4v) is 3.79. The average molecular weight is 375 g/mol. The van der Waals surface area contributed by atoms with Crippen LogP contribution in [-0.4, -0.2) is 58.6 Å². The molecule has 2 aromatic heterocycles. The summed E-state index contributed by atoms with van der Waals surface area (Å²) in [5.74, 6) is -0.752. The van der Waals surface area contributed by atoms with Crippen LogP contribution < -0.4 is 0 Å². The maximum Gasteiger partial charge on any atom is 0.350 e. The van der Waals surface area contributed by atoms with Gasteiger partial charge in [-0.15, -0.1) is 11.3 Å². The third-order valence-corrected chi connectivity index (χ3v) is 5.13. The zero-order valence-electron chi connectivity index (χ0n) is 15.0. The van der Waals surface area contributed by atoms with Gasteiger partial charge in [-0.2, -0.15) is 0 Å². The van der Waals surface area contributed by atoms with Crippen LogP contribution in [-0.2, 0) is 14.3 Å². The predicted octanol–water partition coefficient (Wildman–Crippen LogP) is 2.31. The van der Waals surface area contributed by atoms with Crippen molar-refractivity contribution in [3.63, 3.8) is 0 Å². The van der Waals surface area contributed by atoms with Crippen LogP contribution in [0.25, 0.3) is 10.7 Å². The SMILES string of the molecule is Cc1nc(-c2ccccn2)sc1C(=O)OCC(=O)N1C[C@H](C)O[C@@H](C)C1. The first-order chi connectivity index (χ1) is 12.4. The Morgan fingerprint density at radius 1 is 1.31 bits per heavy atom. The van der Waals surface area contributed by atoms with Crippen LogP contribution in [0.2, 0.25) is 0 Å². The highest BCUT2D eigenvalue weighted by atomic mass is 32.1. The number of esters is 1. The molecule has 0 saturated carbocycles. The van der Waals surface area contributed by atoms with E-state index in [1.165, 1.54) is 11.3 Å². The van der Waals surface area contributed by atoms with Crippen molar-refractivity contribution in [2.45, 2.75) is 33.0 Å². The molecule has 0 aromatic carbocycles. The molecule has 1 amide bonds. The highest BCUT2D eigenvalue weighted by Gasteiger charge is 2.27. The Morgan fingerprint density at radius 3 is 2.69 bits per heavy atom. The molecular weight excluding hydrogens is 354 g/mol. The van der Waals surface area contributed by atoms with Gasteiger partial charge in [-0.25, -0.2) is 9.78 Å². The van der Waals surface area contributed by atoms with Gasteiger partial charge in [0.2, 0.25) is 0 Å². The number of carbonyl (C=O) groups excluding carboxylic acids is 2. The maximum absolute atomic E-state index is 12.4. The van der Waals surface area contributed by atoms with E-state index in [9.17, 15) is 9.59 Å². The first-order valence-corrected chi connectivity index (χ1v) is 9.25. The van der Waals surface area contributed by atoms with E-state index in [4.69, 9.17) is 9.47 Å². The molecule has 0 radical (unpaired) electrons. The second-order valence-corrected chi connectivity index (χ2v) is 7.28. The number of hydrogen-bond acceptors (Lipinski definition) is 7. The molecule has 2 aromatic rings. The summed E-state index contributed by atoms with van der Waals surface area (Å²) in [5.41, 5.74) is 1.27. The molecule has 0 aliphatic carbocycles. The summed E-state index contributed by atoms with van der Waals surface area (Å²) in [6.45, 7) is 6.30. The molecule has 3 rings (SSSR count). The van der Waals surface area contributed by atoms with Gasteiger partial charge in [-0.1, -0.05) is 6.07 Å². The van der Waals surface area contributed by atoms with Gasteiger partial charge in [0.1, 0.15) is 9.88 Å². The van der Waals surface area contributed by atoms with Crippen LogP contribution in [0.15, 0.2) is 24.4 Å². The molecule has 2 atom stereocenters. The lowest BCUT2D eigenvalue weighted by Crippen LogP contribution is -2.49. The van der Waals surface area contributed by atoms with E-state index in [1.807, 2.05) is 32.0 Å². The van der Waals surface area contributed by atoms with E-state index < -0.39 is 5.97 Å². The largest absolute Gasteiger partial charge is 0.451 e. The maximum atomic E-state index is 12.4. The Labute approximate surface area is 156 Å². The number of thiazole rings is 1. The topological polar surface area (TPSA) is 81.6 Å². The Balaban J connectivity index is 1.62. The Bertz CT molecular complexity index is 783. The second kappa shape index (κ2) is 7.92. The lowest BCUT2D eigenvalue weighted by atomic mass is 10.2. The Hall–Kier alpha value is -2.32. The van der Waals surface area contributed by atoms with E-state index in [1.54, 1.807) is 18.0 Å². The van der Waals surface area contributed by atoms with Crippen LogP contribution in [0.4, 0.5) is 0 Å². The van der Waals surface area contributed by atoms with Crippen molar-refractivity contribution in [3.05, 3.63) is 35.0 Å². The summed E-state index contributed by atoms with van der Waals surface area (Å²) < 4.78 is 10.8. The van der Waals surface area contributed by atoms with Crippen molar-refractivity contribution in [1.82, 2.24) is 14.9 Å². The number of amides is 1. The molecule has 0 unspecified atom stereocenters. The monoisotopic (exact) mass is 375 g/mol. The third kappa shape index (κ3) is 4.25. The minimum atomic E-state index is -0.537. The minimum Gasteiger partial charge on any atom is -0.451 e. The van der Waals surface area contributed by atoms with Crippen molar-refractivity contribution >= 4 is 23.2 Å². The van der Waals surface area contributed by atoms with Gasteiger partial charge in [0.05, 0.1) is 23.6 Å². The summed E-state index contributed by atoms with van der Waals surface area (Å²) in [5, 5.41) is 0.650. The Kier molecular flexibility index (Phi) is 5.63. The van der Waals surface area contributed by atoms with Gasteiger partial charge in [-0.3, -0.25) is 9.78 Å². The van der Waals surface area contributed by atoms with Crippen molar-refractivity contribution < 1.29 is 19.1 Å². The highest BCUT2D eigenvalue weighted by molar-refractivity contribution is 7.17. The van der Waals surface area contributed by atoms with E-state index in [2.05, 4.69) is 9.97 Å². The number of ether oxygens (including phenoxy) is 2. The molecular formula is C18H21N3O4S. The summed E-state index contributed by atoms with van der Waals surface area (Å²) in [6.07, 6.45) is 1.62. The molecule has 7 nitrogen and oxygen atoms in total. The number of morpholine rings is 1. The highest BCUT2D eigenvalue weighted by Crippen LogP contribution is 2.26. The zero-order chi connectivity index (χ0) is 18.7. The van der Waals surface area contributed by atoms with Gasteiger partial charge >= 0.3 is 5.97 Å². The molecule has 0 N–H and O–H groups in total. The van der Waals surface area contributed by atoms with Crippen LogP contribution >= 0.6 is 11.3 Å². The van der Waals surface area contributed by atoms with Crippen molar-refractivity contribution in [3.8, 4) is 10.7 Å². The summed E-state index contributed by atoms with van der Waals surface area (Å²) in [4.78, 5) is 35.3. The van der Waals surface area contributed by atoms with Gasteiger partial charge in [0.25, 0.3) is 5.91 Å². The second-order valence-electron chi connectivity index (χ2n) is 6.28. The van der Waals surface area contributed by atoms with E-state index in [0.29, 0.717) is 34.4 Å². The van der Waals surface area contributed by atoms with E-state index in [0.717, 1.165) is 0 Å². The summed E-state index contributed by atoms with van der Waals surface area (Å²) >= 11 is 1.22. The molecule has 3 heterocycles. The number of carbonyl (C=O) groups is 2. The number of hydrogen-bond donors (Lipinski definition) is 0. The normalized spacial score (nSPS) is 20.0. The standard InChI is InChI=1S/C18H21N3O4S/c1-11-8-21(9-12(2)25-11)15(22)10-24-18(23)16-13(3)20-17(26-16)14-6-4-5-7-19-14/h4-7,11-12H,8-10H2,1-3H3/t11-,12-/m0/s1. The van der Waals surface area contributed by atoms with Crippen molar-refractivity contribution in [1.29, 1.82) is 0 Å². The van der Waals surface area contributed by atoms with Crippen LogP contribution in [0.1, 0.15) is 29.2 Å². The lowest BCUT2D eigenvalue weighted by Gasteiger charge is -2.35. The molecule has 0 spiro atoms. The number of aromatic nitrogens is 2. The van der Waals surface area contributed by atoms with E-state index >= 15 is 0 Å². The fourth-order valence-electron chi connectivity index (χ4n) is 2.85. The fraction of sp³-hybridized carbons (Fsp3) is 0.444. The zero-order valence-corrected chi connectivity index (χ0v) is 15.8. The van der Waals surface area contributed by atoms with Crippen LogP contribution in [0.3, 0.4) is 0 Å². The van der Waals surface area contributed by atoms with Gasteiger partial charge in [0.15, 0.2) is 6.61 Å². The number of aryl methyl sites for hydroxylation is 1. The molecule has 1 saturated heterocycles. The molecule has 8 heteroatoms. The average Bonchev–Trinajstić information content (AvgIpc) is 3.01. The number of nitrogens with zero attached hydrogens (tertiary/aromatic N) is 3. The first-order valence-electron chi connectivity index (χ1n) is 8.43. The quantitative estimate of drug-likeness (QED) is 0.763. The van der Waals surface area contributed by atoms with E-state index in [-0.39, 0.29) is 24.7 Å². The molecule has 1 aliphatic rings. The third-order valence-electron chi connectivity index (χ3n) is 3.97.